The van der Waals surface area contributed by atoms with Crippen LogP contribution in [0.2, 0.25) is 0 Å². The van der Waals surface area contributed by atoms with Crippen molar-refractivity contribution in [3.05, 3.63) is 29.9 Å². The standard InChI is InChI=1S/C14H22N4O2/c1-5-18-9-13(8-16-18)19-10-12-6-11(17-20-12)7-15-14(2,3)4/h6,8-9,15H,5,7,10H2,1-4H3. The molecule has 2 aromatic heterocycles. The summed E-state index contributed by atoms with van der Waals surface area (Å²) in [6.45, 7) is 10.2. The lowest BCUT2D eigenvalue weighted by molar-refractivity contribution is 0.248. The van der Waals surface area contributed by atoms with E-state index in [1.165, 1.54) is 0 Å². The van der Waals surface area contributed by atoms with Crippen LogP contribution in [0.1, 0.15) is 39.1 Å². The molecule has 0 fully saturated rings. The van der Waals surface area contributed by atoms with Gasteiger partial charge in [0.1, 0.15) is 6.61 Å². The lowest BCUT2D eigenvalue weighted by Crippen LogP contribution is -2.35. The molecular formula is C14H22N4O2. The number of nitrogens with zero attached hydrogens (tertiary/aromatic N) is 3. The highest BCUT2D eigenvalue weighted by molar-refractivity contribution is 5.13. The fourth-order valence-electron chi connectivity index (χ4n) is 1.61. The van der Waals surface area contributed by atoms with Crippen LogP contribution in [0.25, 0.3) is 0 Å². The summed E-state index contributed by atoms with van der Waals surface area (Å²) in [5.41, 5.74) is 0.937. The van der Waals surface area contributed by atoms with Gasteiger partial charge in [-0.3, -0.25) is 4.68 Å². The maximum Gasteiger partial charge on any atom is 0.174 e. The Morgan fingerprint density at radius 1 is 1.40 bits per heavy atom. The molecule has 20 heavy (non-hydrogen) atoms. The predicted molar refractivity (Wildman–Crippen MR) is 75.3 cm³/mol. The van der Waals surface area contributed by atoms with Crippen molar-refractivity contribution in [3.63, 3.8) is 0 Å². The lowest BCUT2D eigenvalue weighted by atomic mass is 10.1. The summed E-state index contributed by atoms with van der Waals surface area (Å²) >= 11 is 0. The summed E-state index contributed by atoms with van der Waals surface area (Å²) in [4.78, 5) is 0. The van der Waals surface area contributed by atoms with E-state index in [1.807, 2.05) is 23.9 Å². The van der Waals surface area contributed by atoms with Crippen molar-refractivity contribution in [2.24, 2.45) is 0 Å². The zero-order valence-electron chi connectivity index (χ0n) is 12.5. The highest BCUT2D eigenvalue weighted by Crippen LogP contribution is 2.12. The maximum absolute atomic E-state index is 5.60. The molecule has 6 nitrogen and oxygen atoms in total. The van der Waals surface area contributed by atoms with Crippen molar-refractivity contribution in [2.45, 2.75) is 52.9 Å². The van der Waals surface area contributed by atoms with Gasteiger partial charge >= 0.3 is 0 Å². The van der Waals surface area contributed by atoms with Gasteiger partial charge in [0.05, 0.1) is 18.1 Å². The first-order chi connectivity index (χ1) is 9.46. The van der Waals surface area contributed by atoms with Crippen molar-refractivity contribution in [1.82, 2.24) is 20.3 Å². The zero-order valence-corrected chi connectivity index (χ0v) is 12.5. The summed E-state index contributed by atoms with van der Waals surface area (Å²) in [6.07, 6.45) is 3.56. The molecule has 0 saturated heterocycles. The largest absolute Gasteiger partial charge is 0.482 e. The Hall–Kier alpha value is -1.82. The van der Waals surface area contributed by atoms with Gasteiger partial charge in [0.15, 0.2) is 11.5 Å². The Bertz CT molecular complexity index is 539. The molecule has 0 spiro atoms. The molecule has 0 saturated carbocycles. The molecule has 2 aromatic rings. The van der Waals surface area contributed by atoms with Crippen LogP contribution in [-0.2, 0) is 19.7 Å². The van der Waals surface area contributed by atoms with E-state index < -0.39 is 0 Å². The van der Waals surface area contributed by atoms with Crippen molar-refractivity contribution >= 4 is 0 Å². The van der Waals surface area contributed by atoms with Crippen LogP contribution in [0.4, 0.5) is 0 Å². The zero-order chi connectivity index (χ0) is 14.6. The summed E-state index contributed by atoms with van der Waals surface area (Å²) < 4.78 is 12.7. The molecule has 0 bridgehead atoms. The van der Waals surface area contributed by atoms with Gasteiger partial charge in [-0.15, -0.1) is 0 Å². The first-order valence-corrected chi connectivity index (χ1v) is 6.81. The third-order valence-electron chi connectivity index (χ3n) is 2.72. The highest BCUT2D eigenvalue weighted by atomic mass is 16.5. The Kier molecular flexibility index (Phi) is 4.44. The summed E-state index contributed by atoms with van der Waals surface area (Å²) in [5, 5.41) is 11.5. The van der Waals surface area contributed by atoms with Crippen LogP contribution in [0.15, 0.2) is 23.0 Å². The Morgan fingerprint density at radius 3 is 2.85 bits per heavy atom. The molecule has 0 aliphatic carbocycles. The molecule has 6 heteroatoms. The van der Waals surface area contributed by atoms with Gasteiger partial charge in [0, 0.05) is 24.7 Å². The van der Waals surface area contributed by atoms with Crippen molar-refractivity contribution in [3.8, 4) is 5.75 Å². The second-order valence-corrected chi connectivity index (χ2v) is 5.71. The maximum atomic E-state index is 5.60. The number of ether oxygens (including phenoxy) is 1. The molecule has 2 heterocycles. The summed E-state index contributed by atoms with van der Waals surface area (Å²) in [7, 11) is 0. The first kappa shape index (κ1) is 14.6. The van der Waals surface area contributed by atoms with Gasteiger partial charge in [0.25, 0.3) is 0 Å². The van der Waals surface area contributed by atoms with E-state index in [0.29, 0.717) is 18.9 Å². The molecule has 110 valence electrons. The van der Waals surface area contributed by atoms with Gasteiger partial charge in [-0.25, -0.2) is 0 Å². The van der Waals surface area contributed by atoms with E-state index in [4.69, 9.17) is 9.26 Å². The van der Waals surface area contributed by atoms with E-state index in [1.54, 1.807) is 6.20 Å². The van der Waals surface area contributed by atoms with Crippen molar-refractivity contribution < 1.29 is 9.26 Å². The van der Waals surface area contributed by atoms with Gasteiger partial charge in [-0.05, 0) is 27.7 Å². The molecule has 2 rings (SSSR count). The van der Waals surface area contributed by atoms with E-state index in [-0.39, 0.29) is 5.54 Å². The fraction of sp³-hybridized carbons (Fsp3) is 0.571. The van der Waals surface area contributed by atoms with Crippen LogP contribution in [0.5, 0.6) is 5.75 Å². The Morgan fingerprint density at radius 2 is 2.20 bits per heavy atom. The average molecular weight is 278 g/mol. The molecule has 0 atom stereocenters. The van der Waals surface area contributed by atoms with Crippen LogP contribution < -0.4 is 10.1 Å². The molecule has 0 amide bonds. The molecule has 1 N–H and O–H groups in total. The van der Waals surface area contributed by atoms with Crippen LogP contribution in [0.3, 0.4) is 0 Å². The van der Waals surface area contributed by atoms with Crippen LogP contribution >= 0.6 is 0 Å². The summed E-state index contributed by atoms with van der Waals surface area (Å²) in [6, 6.07) is 1.91. The second-order valence-electron chi connectivity index (χ2n) is 5.71. The molecule has 0 aromatic carbocycles. The average Bonchev–Trinajstić information content (AvgIpc) is 3.02. The van der Waals surface area contributed by atoms with Crippen molar-refractivity contribution in [1.29, 1.82) is 0 Å². The van der Waals surface area contributed by atoms with E-state index in [0.717, 1.165) is 18.0 Å². The molecule has 0 unspecified atom stereocenters. The number of rotatable bonds is 6. The van der Waals surface area contributed by atoms with Crippen LogP contribution in [-0.4, -0.2) is 20.5 Å². The minimum atomic E-state index is 0.0599. The molecule has 0 radical (unpaired) electrons. The minimum Gasteiger partial charge on any atom is -0.482 e. The van der Waals surface area contributed by atoms with Gasteiger partial charge < -0.3 is 14.6 Å². The van der Waals surface area contributed by atoms with E-state index >= 15 is 0 Å². The third-order valence-corrected chi connectivity index (χ3v) is 2.72. The second kappa shape index (κ2) is 6.09. The van der Waals surface area contributed by atoms with Crippen molar-refractivity contribution in [2.75, 3.05) is 0 Å². The Balaban J connectivity index is 1.83. The molecule has 0 aliphatic heterocycles. The van der Waals surface area contributed by atoms with Gasteiger partial charge in [-0.1, -0.05) is 5.16 Å². The normalized spacial score (nSPS) is 11.8. The first-order valence-electron chi connectivity index (χ1n) is 6.81. The van der Waals surface area contributed by atoms with Crippen LogP contribution in [0, 0.1) is 0 Å². The number of aromatic nitrogens is 3. The smallest absolute Gasteiger partial charge is 0.174 e. The van der Waals surface area contributed by atoms with E-state index in [2.05, 4.69) is 36.3 Å². The number of hydrogen-bond donors (Lipinski definition) is 1. The minimum absolute atomic E-state index is 0.0599. The van der Waals surface area contributed by atoms with Gasteiger partial charge in [0.2, 0.25) is 0 Å². The monoisotopic (exact) mass is 278 g/mol. The van der Waals surface area contributed by atoms with E-state index in [9.17, 15) is 0 Å². The summed E-state index contributed by atoms with van der Waals surface area (Å²) in [5.74, 6) is 1.44. The number of aryl methyl sites for hydroxylation is 1. The topological polar surface area (TPSA) is 65.1 Å². The predicted octanol–water partition coefficient (Wildman–Crippen LogP) is 2.36. The van der Waals surface area contributed by atoms with Gasteiger partial charge in [-0.2, -0.15) is 5.10 Å². The number of nitrogens with one attached hydrogen (secondary N) is 1. The lowest BCUT2D eigenvalue weighted by Gasteiger charge is -2.19. The molecular weight excluding hydrogens is 256 g/mol. The highest BCUT2D eigenvalue weighted by Gasteiger charge is 2.11. The Labute approximate surface area is 119 Å². The molecule has 0 aliphatic rings. The quantitative estimate of drug-likeness (QED) is 0.878. The SMILES string of the molecule is CCn1cc(OCc2cc(CNC(C)(C)C)no2)cn1. The fourth-order valence-corrected chi connectivity index (χ4v) is 1.61. The number of hydrogen-bond acceptors (Lipinski definition) is 5. The third kappa shape index (κ3) is 4.38.